The summed E-state index contributed by atoms with van der Waals surface area (Å²) in [7, 11) is -4.72. The maximum atomic E-state index is 14.6. The van der Waals surface area contributed by atoms with Gasteiger partial charge in [0.2, 0.25) is 5.72 Å². The number of rotatable bonds is 7. The molecule has 17 rings (SSSR count). The van der Waals surface area contributed by atoms with Crippen molar-refractivity contribution >= 4 is 26.9 Å². The van der Waals surface area contributed by atoms with E-state index in [1.54, 1.807) is 12.1 Å². The molecule has 7 aromatic rings. The van der Waals surface area contributed by atoms with E-state index in [2.05, 4.69) is 140 Å². The Morgan fingerprint density at radius 3 is 2.34 bits per heavy atom. The van der Waals surface area contributed by atoms with Crippen molar-refractivity contribution < 1.29 is 42.9 Å². The van der Waals surface area contributed by atoms with Crippen molar-refractivity contribution in [1.82, 2.24) is 0 Å². The maximum absolute atomic E-state index is 14.6. The van der Waals surface area contributed by atoms with E-state index < -0.39 is 62.6 Å². The van der Waals surface area contributed by atoms with Crippen molar-refractivity contribution in [3.63, 3.8) is 0 Å². The highest BCUT2D eigenvalue weighted by Gasteiger charge is 2.60. The van der Waals surface area contributed by atoms with E-state index >= 15 is 0 Å². The summed E-state index contributed by atoms with van der Waals surface area (Å²) in [6, 6.07) is 49.7. The summed E-state index contributed by atoms with van der Waals surface area (Å²) >= 11 is 0. The Balaban J connectivity index is 0.861. The topological polar surface area (TPSA) is 218 Å². The van der Waals surface area contributed by atoms with Gasteiger partial charge in [0.05, 0.1) is 23.1 Å². The lowest BCUT2D eigenvalue weighted by molar-refractivity contribution is -0.177. The van der Waals surface area contributed by atoms with Crippen molar-refractivity contribution in [1.29, 1.82) is 0 Å². The molecule has 16 atom stereocenters. The standard InChI is InChI=1S/C79H85N3O9S/c1-46-14-15-55-39-62-29-32-65(55)68(46)43-74(92(87,88)89)70-41-58-37-57(40-63-34-48(45-83)10-7-12-53-38-61(84)28-31-67(53)76(58)90-63)75(70)51-20-25-60(26-21-51)79(91-62,82-77(80)81)71-33-27-59-24-22-56(44-78(59,86)72(71)35-47-8-3-2-4-9-47)52-23-30-66-54(36-52)19-18-50-17-16-49-11-5-6-13-64(49)69(50)42-73(66)85/h2-6,8-9,11,13,16-17,20-21,23,25-26,28-32,36,38-39,41,46,48,56-57,59,63,68,70-76,83-86H,10,14-15,18-19,22,24,27,33-35,37,40,42-45H2,1H3,(H4,80,81,82)(H,87,88,89)/t46-,48+,56+,57-,59-,63-,68+,70-,71+,72-,73-,74-,75+,76-,78+,79-/m1/s1. The molecule has 10 aliphatic rings. The lowest BCUT2D eigenvalue weighted by Crippen LogP contribution is -2.60. The highest BCUT2D eigenvalue weighted by Crippen LogP contribution is 2.60. The molecule has 5 aliphatic carbocycles. The number of guanidine groups is 1. The van der Waals surface area contributed by atoms with Crippen LogP contribution in [0.5, 0.6) is 11.5 Å². The minimum atomic E-state index is -4.72. The summed E-state index contributed by atoms with van der Waals surface area (Å²) in [6.45, 7) is 2.11. The van der Waals surface area contributed by atoms with Gasteiger partial charge in [0.15, 0.2) is 5.96 Å². The van der Waals surface area contributed by atoms with E-state index in [-0.39, 0.29) is 66.3 Å². The monoisotopic (exact) mass is 1250 g/mol. The number of aliphatic hydroxyl groups is 3. The molecule has 5 aliphatic heterocycles. The number of aryl methyl sites for hydroxylation is 3. The van der Waals surface area contributed by atoms with Gasteiger partial charge in [0, 0.05) is 53.9 Å². The first-order valence-electron chi connectivity index (χ1n) is 33.8. The third kappa shape index (κ3) is 11.1. The number of allylic oxidation sites excluding steroid dienone is 1. The largest absolute Gasteiger partial charge is 0.508 e. The number of fused-ring (bicyclic) bond motifs is 14. The molecular formula is C79H85N3O9S. The van der Waals surface area contributed by atoms with Crippen LogP contribution in [0.2, 0.25) is 0 Å². The van der Waals surface area contributed by atoms with Gasteiger partial charge in [-0.3, -0.25) is 4.55 Å². The average Bonchev–Trinajstić information content (AvgIpc) is 0.880. The molecule has 476 valence electrons. The number of nitrogens with zero attached hydrogens (tertiary/aromatic N) is 1. The molecule has 0 aromatic heterocycles. The molecule has 7 aromatic carbocycles. The summed E-state index contributed by atoms with van der Waals surface area (Å²) in [6.07, 6.45) is 10.6. The molecule has 92 heavy (non-hydrogen) atoms. The van der Waals surface area contributed by atoms with Crippen LogP contribution < -0.4 is 16.2 Å². The van der Waals surface area contributed by atoms with Crippen LogP contribution in [0, 0.1) is 53.3 Å². The average molecular weight is 1250 g/mol. The van der Waals surface area contributed by atoms with Crippen LogP contribution in [0.15, 0.2) is 162 Å². The zero-order valence-corrected chi connectivity index (χ0v) is 53.2. The van der Waals surface area contributed by atoms with Gasteiger partial charge in [0.1, 0.15) is 17.6 Å². The second-order valence-electron chi connectivity index (χ2n) is 28.7. The fourth-order valence-corrected chi connectivity index (χ4v) is 20.3. The highest BCUT2D eigenvalue weighted by molar-refractivity contribution is 7.86. The number of nitrogens with two attached hydrogens (primary N) is 2. The van der Waals surface area contributed by atoms with Crippen LogP contribution >= 0.6 is 0 Å². The Morgan fingerprint density at radius 2 is 1.52 bits per heavy atom. The molecule has 0 radical (unpaired) electrons. The normalized spacial score (nSPS) is 32.2. The Labute approximate surface area is 541 Å². The molecular weight excluding hydrogens is 1170 g/mol. The Bertz CT molecular complexity index is 4210. The lowest BCUT2D eigenvalue weighted by Gasteiger charge is -2.57. The van der Waals surface area contributed by atoms with Crippen LogP contribution in [0.1, 0.15) is 174 Å². The van der Waals surface area contributed by atoms with Crippen LogP contribution in [-0.4, -0.2) is 62.9 Å². The van der Waals surface area contributed by atoms with Crippen molar-refractivity contribution in [3.05, 3.63) is 224 Å². The third-order valence-electron chi connectivity index (χ3n) is 23.6. The summed E-state index contributed by atoms with van der Waals surface area (Å²) in [5, 5.41) is 49.2. The summed E-state index contributed by atoms with van der Waals surface area (Å²) in [5.41, 5.74) is 23.7. The molecule has 0 spiro atoms. The fraction of sp³-hybridized carbons (Fsp3) is 0.430. The van der Waals surface area contributed by atoms with E-state index in [4.69, 9.17) is 25.9 Å². The zero-order valence-electron chi connectivity index (χ0n) is 52.4. The molecule has 5 heterocycles. The number of phenolic OH excluding ortho intramolecular Hbond substituents is 1. The quantitative estimate of drug-likeness (QED) is 0.0262. The van der Waals surface area contributed by atoms with Crippen LogP contribution in [-0.2, 0) is 52.7 Å². The molecule has 10 bridgehead atoms. The van der Waals surface area contributed by atoms with Gasteiger partial charge in [-0.15, -0.1) is 0 Å². The molecule has 13 heteroatoms. The van der Waals surface area contributed by atoms with Crippen molar-refractivity contribution in [2.45, 2.75) is 162 Å². The first-order chi connectivity index (χ1) is 44.5. The van der Waals surface area contributed by atoms with Gasteiger partial charge in [-0.25, -0.2) is 4.99 Å². The van der Waals surface area contributed by atoms with Crippen LogP contribution in [0.25, 0.3) is 10.8 Å². The van der Waals surface area contributed by atoms with Crippen LogP contribution in [0.3, 0.4) is 0 Å². The zero-order chi connectivity index (χ0) is 63.2. The minimum Gasteiger partial charge on any atom is -0.508 e. The molecule has 9 N–H and O–H groups in total. The maximum Gasteiger partial charge on any atom is 0.268 e. The molecule has 3 fully saturated rings. The van der Waals surface area contributed by atoms with Gasteiger partial charge in [-0.2, -0.15) is 8.42 Å². The predicted octanol–water partition coefficient (Wildman–Crippen LogP) is 13.3. The number of phenols is 1. The Kier molecular flexibility index (Phi) is 16.1. The summed E-state index contributed by atoms with van der Waals surface area (Å²) in [5.74, 6) is 4.54. The second-order valence-corrected chi connectivity index (χ2v) is 30.4. The van der Waals surface area contributed by atoms with Gasteiger partial charge in [0.25, 0.3) is 10.1 Å². The minimum absolute atomic E-state index is 0.0205. The molecule has 12 nitrogen and oxygen atoms in total. The SMILES string of the molecule is C[C@@H]1CCc2cc3ccc2[C@H]1C[C@@H](S(=O)(=O)O)[C@H]1C=C2C[C@H](C[C@H]4C[C@@H](CO)CC#Cc5cc(O)ccc5[C@@H]2O4)[C@@H]1c1ccc(cc1)[C@](N=C(N)N)([C@H]1CC[C@H]2CC[C@H](c4ccc5c(c4)CCc4ccc6ccccc6c4C[C@H]5O)C[C@@]2(O)[C@@H]1Cc1ccccc1)O3. The first kappa shape index (κ1) is 60.9. The number of hydrogen-bond acceptors (Lipinski definition) is 9. The van der Waals surface area contributed by atoms with Crippen molar-refractivity contribution in [3.8, 4) is 23.3 Å². The Morgan fingerprint density at radius 1 is 0.761 bits per heavy atom. The van der Waals surface area contributed by atoms with Gasteiger partial charge in [-0.05, 0) is 222 Å². The van der Waals surface area contributed by atoms with E-state index in [0.717, 1.165) is 83.0 Å². The Hall–Kier alpha value is -7.28. The molecule has 0 unspecified atom stereocenters. The van der Waals surface area contributed by atoms with Crippen molar-refractivity contribution in [2.75, 3.05) is 6.61 Å². The fourth-order valence-electron chi connectivity index (χ4n) is 19.2. The highest BCUT2D eigenvalue weighted by atomic mass is 32.2. The summed E-state index contributed by atoms with van der Waals surface area (Å²) in [4.78, 5) is 5.39. The van der Waals surface area contributed by atoms with Gasteiger partial charge < -0.3 is 41.4 Å². The van der Waals surface area contributed by atoms with E-state index in [0.29, 0.717) is 74.7 Å². The van der Waals surface area contributed by atoms with E-state index in [1.807, 2.05) is 18.2 Å². The number of aliphatic hydroxyl groups excluding tert-OH is 2. The smallest absolute Gasteiger partial charge is 0.268 e. The van der Waals surface area contributed by atoms with E-state index in [1.165, 1.54) is 27.5 Å². The van der Waals surface area contributed by atoms with E-state index in [9.17, 15) is 33.4 Å². The van der Waals surface area contributed by atoms with Gasteiger partial charge in [-0.1, -0.05) is 146 Å². The summed E-state index contributed by atoms with van der Waals surface area (Å²) < 4.78 is 56.1. The number of aromatic hydroxyl groups is 1. The number of hydrogen-bond donors (Lipinski definition) is 7. The number of aliphatic imine (C=N–C) groups is 1. The molecule has 2 saturated carbocycles. The third-order valence-corrected chi connectivity index (χ3v) is 24.9. The first-order valence-corrected chi connectivity index (χ1v) is 35.3. The van der Waals surface area contributed by atoms with Crippen molar-refractivity contribution in [2.24, 2.45) is 57.9 Å². The lowest BCUT2D eigenvalue weighted by atomic mass is 9.52. The number of benzene rings is 7. The molecule has 0 amide bonds. The second kappa shape index (κ2) is 24.2. The molecule has 1 saturated heterocycles. The predicted molar refractivity (Wildman–Crippen MR) is 358 cm³/mol. The van der Waals surface area contributed by atoms with Crippen LogP contribution in [0.4, 0.5) is 0 Å². The van der Waals surface area contributed by atoms with Gasteiger partial charge >= 0.3 is 0 Å². The number of ether oxygens (including phenoxy) is 2.